The maximum absolute atomic E-state index is 12.1. The largest absolute Gasteiger partial charge is 0.464 e. The minimum absolute atomic E-state index is 0.304. The lowest BCUT2D eigenvalue weighted by Crippen LogP contribution is -2.11. The molecule has 7 nitrogen and oxygen atoms in total. The number of pyridine rings is 1. The molecule has 0 unspecified atom stereocenters. The Balaban J connectivity index is 1.67. The second-order valence-electron chi connectivity index (χ2n) is 4.65. The average molecular weight is 294 g/mol. The lowest BCUT2D eigenvalue weighted by atomic mass is 10.2. The fraction of sp³-hybridized carbons (Fsp3) is 0. The van der Waals surface area contributed by atoms with Gasteiger partial charge in [-0.1, -0.05) is 5.16 Å². The predicted octanol–water partition coefficient (Wildman–Crippen LogP) is 2.83. The molecule has 0 aliphatic heterocycles. The number of hydrogen-bond donors (Lipinski definition) is 1. The topological polar surface area (TPSA) is 85.6 Å². The lowest BCUT2D eigenvalue weighted by Gasteiger charge is -1.97. The number of aromatic nitrogens is 3. The van der Waals surface area contributed by atoms with Crippen molar-refractivity contribution in [1.82, 2.24) is 14.5 Å². The smallest absolute Gasteiger partial charge is 0.276 e. The molecule has 0 spiro atoms. The Hall–Kier alpha value is -3.35. The van der Waals surface area contributed by atoms with Crippen LogP contribution in [0.1, 0.15) is 10.5 Å². The number of nitrogens with zero attached hydrogens (tertiary/aromatic N) is 3. The summed E-state index contributed by atoms with van der Waals surface area (Å²) in [5.74, 6) is 0.428. The highest BCUT2D eigenvalue weighted by Gasteiger charge is 2.12. The summed E-state index contributed by atoms with van der Waals surface area (Å²) >= 11 is 0. The molecule has 0 radical (unpaired) electrons. The van der Waals surface area contributed by atoms with Crippen LogP contribution in [0, 0.1) is 0 Å². The predicted molar refractivity (Wildman–Crippen MR) is 77.4 cm³/mol. The molecule has 0 aromatic carbocycles. The molecule has 0 saturated carbocycles. The lowest BCUT2D eigenvalue weighted by molar-refractivity contribution is 0.102. The molecule has 108 valence electrons. The van der Waals surface area contributed by atoms with Gasteiger partial charge in [0.2, 0.25) is 0 Å². The average Bonchev–Trinajstić information content (AvgIpc) is 3.27. The maximum Gasteiger partial charge on any atom is 0.276 e. The fourth-order valence-electron chi connectivity index (χ4n) is 2.15. The summed E-state index contributed by atoms with van der Waals surface area (Å²) in [6, 6.07) is 7.42. The van der Waals surface area contributed by atoms with Gasteiger partial charge in [-0.2, -0.15) is 0 Å². The van der Waals surface area contributed by atoms with Crippen LogP contribution in [0.4, 0.5) is 5.69 Å². The van der Waals surface area contributed by atoms with Crippen molar-refractivity contribution >= 4 is 17.2 Å². The van der Waals surface area contributed by atoms with Crippen molar-refractivity contribution in [1.29, 1.82) is 0 Å². The summed E-state index contributed by atoms with van der Waals surface area (Å²) in [5.41, 5.74) is 2.36. The van der Waals surface area contributed by atoms with Gasteiger partial charge < -0.3 is 18.7 Å². The van der Waals surface area contributed by atoms with E-state index in [-0.39, 0.29) is 5.91 Å². The zero-order chi connectivity index (χ0) is 14.9. The molecule has 0 bridgehead atoms. The highest BCUT2D eigenvalue weighted by Crippen LogP contribution is 2.20. The molecule has 0 atom stereocenters. The van der Waals surface area contributed by atoms with E-state index in [9.17, 15) is 4.79 Å². The summed E-state index contributed by atoms with van der Waals surface area (Å²) < 4.78 is 11.8. The Morgan fingerprint density at radius 3 is 2.95 bits per heavy atom. The van der Waals surface area contributed by atoms with E-state index in [0.29, 0.717) is 17.0 Å². The Morgan fingerprint density at radius 1 is 1.23 bits per heavy atom. The van der Waals surface area contributed by atoms with Gasteiger partial charge in [0.15, 0.2) is 0 Å². The van der Waals surface area contributed by atoms with Gasteiger partial charge in [0.1, 0.15) is 29.1 Å². The second kappa shape index (κ2) is 4.88. The number of hydrogen-bond acceptors (Lipinski definition) is 5. The molecule has 4 aromatic rings. The summed E-state index contributed by atoms with van der Waals surface area (Å²) in [6.45, 7) is 0. The van der Waals surface area contributed by atoms with Crippen LogP contribution >= 0.6 is 0 Å². The highest BCUT2D eigenvalue weighted by atomic mass is 16.5. The monoisotopic (exact) mass is 294 g/mol. The highest BCUT2D eigenvalue weighted by molar-refractivity contribution is 6.03. The molecule has 0 aliphatic carbocycles. The van der Waals surface area contributed by atoms with E-state index in [2.05, 4.69) is 20.0 Å². The van der Waals surface area contributed by atoms with E-state index < -0.39 is 0 Å². The van der Waals surface area contributed by atoms with Crippen molar-refractivity contribution in [3.8, 4) is 11.3 Å². The van der Waals surface area contributed by atoms with Gasteiger partial charge in [0, 0.05) is 18.0 Å². The number of rotatable bonds is 3. The summed E-state index contributed by atoms with van der Waals surface area (Å²) in [7, 11) is 0. The molecule has 0 saturated heterocycles. The fourth-order valence-corrected chi connectivity index (χ4v) is 2.15. The first kappa shape index (κ1) is 12.4. The van der Waals surface area contributed by atoms with Crippen LogP contribution in [-0.4, -0.2) is 20.4 Å². The molecule has 7 heteroatoms. The zero-order valence-electron chi connectivity index (χ0n) is 11.3. The van der Waals surface area contributed by atoms with E-state index in [4.69, 9.17) is 4.42 Å². The van der Waals surface area contributed by atoms with Crippen LogP contribution in [-0.2, 0) is 0 Å². The van der Waals surface area contributed by atoms with Gasteiger partial charge in [-0.25, -0.2) is 4.98 Å². The van der Waals surface area contributed by atoms with E-state index in [1.54, 1.807) is 16.9 Å². The number of amides is 1. The molecule has 0 fully saturated rings. The molecular weight excluding hydrogens is 284 g/mol. The van der Waals surface area contributed by atoms with Crippen molar-refractivity contribution in [3.05, 3.63) is 61.1 Å². The third-order valence-electron chi connectivity index (χ3n) is 3.18. The quantitative estimate of drug-likeness (QED) is 0.628. The molecule has 4 aromatic heterocycles. The van der Waals surface area contributed by atoms with Gasteiger partial charge in [-0.15, -0.1) is 0 Å². The zero-order valence-corrected chi connectivity index (χ0v) is 11.3. The van der Waals surface area contributed by atoms with Gasteiger partial charge in [-0.05, 0) is 24.3 Å². The van der Waals surface area contributed by atoms with Crippen molar-refractivity contribution < 1.29 is 13.7 Å². The van der Waals surface area contributed by atoms with Crippen molar-refractivity contribution in [2.45, 2.75) is 0 Å². The van der Waals surface area contributed by atoms with Crippen molar-refractivity contribution in [2.75, 3.05) is 5.32 Å². The van der Waals surface area contributed by atoms with E-state index in [1.807, 2.05) is 30.5 Å². The van der Waals surface area contributed by atoms with E-state index >= 15 is 0 Å². The second-order valence-corrected chi connectivity index (χ2v) is 4.65. The van der Waals surface area contributed by atoms with Crippen LogP contribution in [0.15, 0.2) is 64.3 Å². The molecular formula is C15H10N4O3. The van der Waals surface area contributed by atoms with Crippen LogP contribution in [0.25, 0.3) is 17.0 Å². The summed E-state index contributed by atoms with van der Waals surface area (Å²) in [5, 5.41) is 6.18. The number of furan rings is 1. The maximum atomic E-state index is 12.1. The van der Waals surface area contributed by atoms with Crippen LogP contribution in [0.3, 0.4) is 0 Å². The Morgan fingerprint density at radius 2 is 2.18 bits per heavy atom. The SMILES string of the molecule is O=C(Nc1cnoc1)c1cn2cc(-c3ccco3)ccc2n1. The number of fused-ring (bicyclic) bond motifs is 1. The Kier molecular flexibility index (Phi) is 2.75. The van der Waals surface area contributed by atoms with Gasteiger partial charge in [0.25, 0.3) is 5.91 Å². The Labute approximate surface area is 124 Å². The number of carbonyl (C=O) groups is 1. The first-order valence-corrected chi connectivity index (χ1v) is 6.53. The first-order chi connectivity index (χ1) is 10.8. The standard InChI is InChI=1S/C15H10N4O3/c20-15(17-11-6-16-22-9-11)12-8-19-7-10(3-4-14(19)18-12)13-2-1-5-21-13/h1-9H,(H,17,20). The molecule has 4 rings (SSSR count). The molecule has 0 aliphatic rings. The number of nitrogens with one attached hydrogen (secondary N) is 1. The van der Waals surface area contributed by atoms with Crippen LogP contribution < -0.4 is 5.32 Å². The third kappa shape index (κ3) is 2.14. The van der Waals surface area contributed by atoms with Gasteiger partial charge in [0.05, 0.1) is 12.5 Å². The molecule has 1 amide bonds. The number of imidazole rings is 1. The minimum atomic E-state index is -0.327. The van der Waals surface area contributed by atoms with E-state index in [1.165, 1.54) is 12.5 Å². The summed E-state index contributed by atoms with van der Waals surface area (Å²) in [4.78, 5) is 16.4. The normalized spacial score (nSPS) is 10.9. The number of carbonyl (C=O) groups excluding carboxylic acids is 1. The molecule has 22 heavy (non-hydrogen) atoms. The van der Waals surface area contributed by atoms with Crippen molar-refractivity contribution in [3.63, 3.8) is 0 Å². The van der Waals surface area contributed by atoms with Gasteiger partial charge in [-0.3, -0.25) is 4.79 Å². The van der Waals surface area contributed by atoms with Crippen molar-refractivity contribution in [2.24, 2.45) is 0 Å². The molecule has 4 heterocycles. The van der Waals surface area contributed by atoms with Crippen LogP contribution in [0.2, 0.25) is 0 Å². The minimum Gasteiger partial charge on any atom is -0.464 e. The van der Waals surface area contributed by atoms with Gasteiger partial charge >= 0.3 is 0 Å². The molecule has 1 N–H and O–H groups in total. The van der Waals surface area contributed by atoms with Crippen LogP contribution in [0.5, 0.6) is 0 Å². The summed E-state index contributed by atoms with van der Waals surface area (Å²) in [6.07, 6.45) is 7.90. The number of anilines is 1. The van der Waals surface area contributed by atoms with E-state index in [0.717, 1.165) is 11.3 Å². The first-order valence-electron chi connectivity index (χ1n) is 6.53. The third-order valence-corrected chi connectivity index (χ3v) is 3.18. The Bertz CT molecular complexity index is 923.